The molecule has 0 radical (unpaired) electrons. The number of hydrogen-bond acceptors (Lipinski definition) is 2. The Morgan fingerprint density at radius 3 is 2.27 bits per heavy atom. The fourth-order valence-corrected chi connectivity index (χ4v) is 5.28. The van der Waals surface area contributed by atoms with E-state index in [0.29, 0.717) is 6.04 Å². The van der Waals surface area contributed by atoms with E-state index >= 15 is 0 Å². The number of anilines is 1. The number of benzene rings is 1. The first kappa shape index (κ1) is 20.6. The summed E-state index contributed by atoms with van der Waals surface area (Å²) >= 11 is 5.88. The molecule has 5 heteroatoms. The average molecular weight is 419 g/mol. The van der Waals surface area contributed by atoms with Gasteiger partial charge >= 0.3 is 0 Å². The SMILES string of the molecule is Cc1cc(C)cc(N2C(=S)N[C@H](c3ccccn3)[C@H]2c2cc(C)n(C(C)C)c2C)c1. The predicted octanol–water partition coefficient (Wildman–Crippen LogP) is 5.87. The number of pyridine rings is 1. The van der Waals surface area contributed by atoms with E-state index < -0.39 is 0 Å². The molecule has 1 aliphatic rings. The minimum atomic E-state index is -0.0133. The van der Waals surface area contributed by atoms with Gasteiger partial charge in [0.2, 0.25) is 0 Å². The van der Waals surface area contributed by atoms with Crippen molar-refractivity contribution in [2.24, 2.45) is 0 Å². The number of nitrogens with one attached hydrogen (secondary N) is 1. The first-order valence-corrected chi connectivity index (χ1v) is 11.0. The van der Waals surface area contributed by atoms with Crippen LogP contribution in [0.5, 0.6) is 0 Å². The third kappa shape index (κ3) is 3.52. The summed E-state index contributed by atoms with van der Waals surface area (Å²) in [6, 6.07) is 15.5. The van der Waals surface area contributed by atoms with Gasteiger partial charge in [0.05, 0.1) is 17.8 Å². The number of aryl methyl sites for hydroxylation is 3. The highest BCUT2D eigenvalue weighted by atomic mass is 32.1. The number of thiocarbonyl (C=S) groups is 1. The third-order valence-corrected chi connectivity index (χ3v) is 6.26. The van der Waals surface area contributed by atoms with Crippen LogP contribution in [-0.4, -0.2) is 14.7 Å². The molecule has 1 fully saturated rings. The molecule has 4 nitrogen and oxygen atoms in total. The highest BCUT2D eigenvalue weighted by Gasteiger charge is 2.42. The molecule has 30 heavy (non-hydrogen) atoms. The first-order valence-electron chi connectivity index (χ1n) is 10.5. The van der Waals surface area contributed by atoms with Crippen molar-refractivity contribution in [3.05, 3.63) is 82.4 Å². The van der Waals surface area contributed by atoms with E-state index in [1.54, 1.807) is 0 Å². The summed E-state index contributed by atoms with van der Waals surface area (Å²) < 4.78 is 2.41. The summed E-state index contributed by atoms with van der Waals surface area (Å²) in [6.07, 6.45) is 1.86. The third-order valence-electron chi connectivity index (χ3n) is 5.94. The standard InChI is InChI=1S/C25H30N4S/c1-15(2)28-18(5)14-21(19(28)6)24-23(22-9-7-8-10-26-22)27-25(30)29(24)20-12-16(3)11-17(4)13-20/h7-15,23-24H,1-6H3,(H,27,30)/t23-,24-/m1/s1. The number of nitrogens with zero attached hydrogens (tertiary/aromatic N) is 3. The molecule has 0 amide bonds. The van der Waals surface area contributed by atoms with Crippen LogP contribution in [0, 0.1) is 27.7 Å². The molecule has 0 aliphatic carbocycles. The van der Waals surface area contributed by atoms with E-state index in [2.05, 4.69) is 91.6 Å². The first-order chi connectivity index (χ1) is 14.3. The number of aromatic nitrogens is 2. The monoisotopic (exact) mass is 418 g/mol. The van der Waals surface area contributed by atoms with Crippen molar-refractivity contribution in [3.63, 3.8) is 0 Å². The molecule has 2 aromatic heterocycles. The van der Waals surface area contributed by atoms with Crippen molar-refractivity contribution in [1.29, 1.82) is 0 Å². The predicted molar refractivity (Wildman–Crippen MR) is 128 cm³/mol. The molecule has 3 heterocycles. The Morgan fingerprint density at radius 1 is 1.00 bits per heavy atom. The van der Waals surface area contributed by atoms with E-state index in [1.807, 2.05) is 18.3 Å². The normalized spacial score (nSPS) is 18.9. The Labute approximate surface area is 184 Å². The fraction of sp³-hybridized carbons (Fsp3) is 0.360. The molecular formula is C25H30N4S. The van der Waals surface area contributed by atoms with Crippen LogP contribution in [0.4, 0.5) is 5.69 Å². The second kappa shape index (κ2) is 7.88. The van der Waals surface area contributed by atoms with Crippen molar-refractivity contribution in [3.8, 4) is 0 Å². The lowest BCUT2D eigenvalue weighted by Gasteiger charge is -2.29. The minimum absolute atomic E-state index is 0.0133. The van der Waals surface area contributed by atoms with Crippen LogP contribution in [0.1, 0.15) is 65.7 Å². The van der Waals surface area contributed by atoms with Crippen LogP contribution in [0.25, 0.3) is 0 Å². The Hall–Kier alpha value is -2.66. The maximum atomic E-state index is 5.88. The molecule has 2 atom stereocenters. The maximum absolute atomic E-state index is 5.88. The van der Waals surface area contributed by atoms with Gasteiger partial charge in [0.15, 0.2) is 5.11 Å². The van der Waals surface area contributed by atoms with E-state index in [0.717, 1.165) is 16.5 Å². The molecule has 4 rings (SSSR count). The summed E-state index contributed by atoms with van der Waals surface area (Å²) in [5.74, 6) is 0. The van der Waals surface area contributed by atoms with Gasteiger partial charge in [0, 0.05) is 29.3 Å². The van der Waals surface area contributed by atoms with Crippen molar-refractivity contribution in [1.82, 2.24) is 14.9 Å². The molecule has 3 aromatic rings. The Bertz CT molecular complexity index is 1060. The number of hydrogen-bond donors (Lipinski definition) is 1. The topological polar surface area (TPSA) is 33.1 Å². The highest BCUT2D eigenvalue weighted by molar-refractivity contribution is 7.80. The Kier molecular flexibility index (Phi) is 5.41. The van der Waals surface area contributed by atoms with Crippen LogP contribution in [0.15, 0.2) is 48.7 Å². The van der Waals surface area contributed by atoms with Crippen LogP contribution in [0.2, 0.25) is 0 Å². The van der Waals surface area contributed by atoms with Gasteiger partial charge in [-0.15, -0.1) is 0 Å². The lowest BCUT2D eigenvalue weighted by atomic mass is 9.96. The van der Waals surface area contributed by atoms with Crippen molar-refractivity contribution < 1.29 is 0 Å². The lowest BCUT2D eigenvalue weighted by molar-refractivity contribution is 0.547. The smallest absolute Gasteiger partial charge is 0.174 e. The second-order valence-corrected chi connectivity index (χ2v) is 9.02. The molecule has 0 unspecified atom stereocenters. The molecule has 0 bridgehead atoms. The molecule has 1 N–H and O–H groups in total. The molecule has 1 saturated heterocycles. The minimum Gasteiger partial charge on any atom is -0.351 e. The summed E-state index contributed by atoms with van der Waals surface area (Å²) in [4.78, 5) is 6.95. The average Bonchev–Trinajstić information content (AvgIpc) is 3.17. The van der Waals surface area contributed by atoms with Gasteiger partial charge in [0.1, 0.15) is 0 Å². The van der Waals surface area contributed by atoms with Gasteiger partial charge in [-0.2, -0.15) is 0 Å². The van der Waals surface area contributed by atoms with Crippen LogP contribution < -0.4 is 10.2 Å². The molecule has 0 spiro atoms. The molecule has 1 aliphatic heterocycles. The van der Waals surface area contributed by atoms with Gasteiger partial charge in [-0.25, -0.2) is 0 Å². The van der Waals surface area contributed by atoms with Gasteiger partial charge in [-0.3, -0.25) is 4.98 Å². The van der Waals surface area contributed by atoms with E-state index in [4.69, 9.17) is 12.2 Å². The zero-order valence-corrected chi connectivity index (χ0v) is 19.4. The van der Waals surface area contributed by atoms with Gasteiger partial charge in [-0.05, 0) is 101 Å². The van der Waals surface area contributed by atoms with Crippen LogP contribution in [-0.2, 0) is 0 Å². The van der Waals surface area contributed by atoms with Gasteiger partial charge in [0.25, 0.3) is 0 Å². The summed E-state index contributed by atoms with van der Waals surface area (Å²) in [7, 11) is 0. The molecule has 0 saturated carbocycles. The fourth-order valence-electron chi connectivity index (χ4n) is 4.94. The van der Waals surface area contributed by atoms with Crippen molar-refractivity contribution in [2.75, 3.05) is 4.90 Å². The van der Waals surface area contributed by atoms with Gasteiger partial charge in [-0.1, -0.05) is 12.1 Å². The van der Waals surface area contributed by atoms with E-state index in [-0.39, 0.29) is 12.1 Å². The highest BCUT2D eigenvalue weighted by Crippen LogP contribution is 2.44. The van der Waals surface area contributed by atoms with E-state index in [1.165, 1.54) is 28.1 Å². The van der Waals surface area contributed by atoms with Crippen molar-refractivity contribution >= 4 is 23.0 Å². The molecule has 1 aromatic carbocycles. The molecular weight excluding hydrogens is 388 g/mol. The van der Waals surface area contributed by atoms with Crippen LogP contribution in [0.3, 0.4) is 0 Å². The van der Waals surface area contributed by atoms with Gasteiger partial charge < -0.3 is 14.8 Å². The quantitative estimate of drug-likeness (QED) is 0.537. The lowest BCUT2D eigenvalue weighted by Crippen LogP contribution is -2.29. The Morgan fingerprint density at radius 2 is 1.70 bits per heavy atom. The second-order valence-electron chi connectivity index (χ2n) is 8.63. The zero-order valence-electron chi connectivity index (χ0n) is 18.6. The summed E-state index contributed by atoms with van der Waals surface area (Å²) in [6.45, 7) is 13.2. The maximum Gasteiger partial charge on any atom is 0.174 e. The summed E-state index contributed by atoms with van der Waals surface area (Å²) in [5, 5.41) is 4.32. The Balaban J connectivity index is 1.91. The largest absolute Gasteiger partial charge is 0.351 e. The van der Waals surface area contributed by atoms with E-state index in [9.17, 15) is 0 Å². The summed E-state index contributed by atoms with van der Waals surface area (Å²) in [5.41, 5.74) is 8.46. The zero-order chi connectivity index (χ0) is 21.6. The van der Waals surface area contributed by atoms with Crippen LogP contribution >= 0.6 is 12.2 Å². The molecule has 156 valence electrons. The number of rotatable bonds is 4. The van der Waals surface area contributed by atoms with Crippen molar-refractivity contribution in [2.45, 2.75) is 59.7 Å².